The van der Waals surface area contributed by atoms with Gasteiger partial charge in [-0.1, -0.05) is 47.6 Å². The fourth-order valence-corrected chi connectivity index (χ4v) is 6.10. The molecule has 4 rings (SSSR count). The molecule has 1 N–H and O–H groups in total. The minimum Gasteiger partial charge on any atom is -0.355 e. The van der Waals surface area contributed by atoms with Gasteiger partial charge in [-0.2, -0.15) is 4.31 Å². The van der Waals surface area contributed by atoms with Crippen LogP contribution in [0.3, 0.4) is 0 Å². The Morgan fingerprint density at radius 3 is 2.50 bits per heavy atom. The van der Waals surface area contributed by atoms with Crippen LogP contribution < -0.4 is 5.32 Å². The summed E-state index contributed by atoms with van der Waals surface area (Å²) in [6, 6.07) is 15.4. The van der Waals surface area contributed by atoms with Crippen molar-refractivity contribution in [1.82, 2.24) is 9.46 Å². The van der Waals surface area contributed by atoms with E-state index in [0.717, 1.165) is 22.4 Å². The number of aromatic nitrogens is 1. The number of amides is 1. The van der Waals surface area contributed by atoms with E-state index in [1.54, 1.807) is 19.1 Å². The molecule has 1 fully saturated rings. The predicted molar refractivity (Wildman–Crippen MR) is 133 cm³/mol. The van der Waals surface area contributed by atoms with Crippen LogP contribution in [0.25, 0.3) is 12.2 Å². The number of benzene rings is 2. The molecule has 0 saturated carbocycles. The third-order valence-electron chi connectivity index (χ3n) is 5.90. The lowest BCUT2D eigenvalue weighted by Crippen LogP contribution is -2.43. The molecule has 0 bridgehead atoms. The topological polar surface area (TPSA) is 92.5 Å². The van der Waals surface area contributed by atoms with Gasteiger partial charge in [-0.25, -0.2) is 8.42 Å². The highest BCUT2D eigenvalue weighted by atomic mass is 32.2. The molecule has 0 radical (unpaired) electrons. The van der Waals surface area contributed by atoms with Crippen molar-refractivity contribution in [3.63, 3.8) is 0 Å². The molecule has 178 valence electrons. The molecule has 1 atom stereocenters. The Bertz CT molecular complexity index is 1290. The van der Waals surface area contributed by atoms with E-state index in [0.29, 0.717) is 25.1 Å². The molecular formula is C26H29N3O4S. The SMILES string of the molecule is Cc1cc(C)cc(NC(=O)[C@H]2CCCN(S(=O)(=O)c3c(C)noc3/C=C/c3ccccc3)C2)c1. The van der Waals surface area contributed by atoms with E-state index in [-0.39, 0.29) is 23.1 Å². The minimum atomic E-state index is -3.89. The number of piperidine rings is 1. The zero-order valence-electron chi connectivity index (χ0n) is 19.6. The fraction of sp³-hybridized carbons (Fsp3) is 0.308. The van der Waals surface area contributed by atoms with Crippen molar-refractivity contribution < 1.29 is 17.7 Å². The van der Waals surface area contributed by atoms with E-state index in [1.807, 2.05) is 62.4 Å². The first-order chi connectivity index (χ1) is 16.2. The number of nitrogens with one attached hydrogen (secondary N) is 1. The van der Waals surface area contributed by atoms with Crippen LogP contribution >= 0.6 is 0 Å². The molecule has 8 heteroatoms. The molecule has 0 unspecified atom stereocenters. The van der Waals surface area contributed by atoms with Crippen molar-refractivity contribution >= 4 is 33.8 Å². The van der Waals surface area contributed by atoms with Crippen LogP contribution in [0.1, 0.15) is 41.0 Å². The standard InChI is InChI=1S/C26H29N3O4S/c1-18-14-19(2)16-23(15-18)27-26(30)22-10-7-13-29(17-22)34(31,32)25-20(3)28-33-24(25)12-11-21-8-5-4-6-9-21/h4-6,8-9,11-12,14-16,22H,7,10,13,17H2,1-3H3,(H,27,30)/b12-11+/t22-/m0/s1. The smallest absolute Gasteiger partial charge is 0.248 e. The average molecular weight is 480 g/mol. The van der Waals surface area contributed by atoms with E-state index in [2.05, 4.69) is 10.5 Å². The lowest BCUT2D eigenvalue weighted by Gasteiger charge is -2.31. The Balaban J connectivity index is 1.53. The monoisotopic (exact) mass is 479 g/mol. The first-order valence-corrected chi connectivity index (χ1v) is 12.8. The van der Waals surface area contributed by atoms with E-state index in [9.17, 15) is 13.2 Å². The number of sulfonamides is 1. The molecule has 2 heterocycles. The maximum atomic E-state index is 13.6. The summed E-state index contributed by atoms with van der Waals surface area (Å²) < 4.78 is 33.9. The van der Waals surface area contributed by atoms with Gasteiger partial charge in [0, 0.05) is 18.8 Å². The second kappa shape index (κ2) is 9.95. The highest BCUT2D eigenvalue weighted by molar-refractivity contribution is 7.89. The Labute approximate surface area is 200 Å². The molecule has 34 heavy (non-hydrogen) atoms. The van der Waals surface area contributed by atoms with Gasteiger partial charge < -0.3 is 9.84 Å². The largest absolute Gasteiger partial charge is 0.355 e. The van der Waals surface area contributed by atoms with Gasteiger partial charge in [-0.3, -0.25) is 4.79 Å². The van der Waals surface area contributed by atoms with Gasteiger partial charge in [0.15, 0.2) is 10.7 Å². The molecule has 0 spiro atoms. The van der Waals surface area contributed by atoms with Crippen LogP contribution in [-0.2, 0) is 14.8 Å². The summed E-state index contributed by atoms with van der Waals surface area (Å²) in [7, 11) is -3.89. The number of carbonyl (C=O) groups is 1. The Hall–Kier alpha value is -3.23. The van der Waals surface area contributed by atoms with Gasteiger partial charge in [0.1, 0.15) is 5.69 Å². The van der Waals surface area contributed by atoms with Crippen molar-refractivity contribution in [2.75, 3.05) is 18.4 Å². The molecule has 1 aromatic heterocycles. The Kier molecular flexibility index (Phi) is 7.00. The van der Waals surface area contributed by atoms with E-state index >= 15 is 0 Å². The van der Waals surface area contributed by atoms with Crippen LogP contribution in [0.2, 0.25) is 0 Å². The molecule has 0 aliphatic carbocycles. The average Bonchev–Trinajstić information content (AvgIpc) is 3.19. The number of rotatable bonds is 6. The third kappa shape index (κ3) is 5.29. The lowest BCUT2D eigenvalue weighted by atomic mass is 9.98. The summed E-state index contributed by atoms with van der Waals surface area (Å²) in [6.07, 6.45) is 4.64. The second-order valence-corrected chi connectivity index (χ2v) is 10.6. The fourth-order valence-electron chi connectivity index (χ4n) is 4.33. The number of nitrogens with zero attached hydrogens (tertiary/aromatic N) is 2. The minimum absolute atomic E-state index is 0.0510. The first kappa shape index (κ1) is 23.9. The van der Waals surface area contributed by atoms with E-state index < -0.39 is 15.9 Å². The van der Waals surface area contributed by atoms with Crippen molar-refractivity contribution in [3.05, 3.63) is 76.7 Å². The summed E-state index contributed by atoms with van der Waals surface area (Å²) in [5.74, 6) is -0.424. The highest BCUT2D eigenvalue weighted by Crippen LogP contribution is 2.30. The van der Waals surface area contributed by atoms with Gasteiger partial charge >= 0.3 is 0 Å². The van der Waals surface area contributed by atoms with Crippen LogP contribution in [0.4, 0.5) is 5.69 Å². The van der Waals surface area contributed by atoms with Crippen LogP contribution in [0.15, 0.2) is 57.9 Å². The Morgan fingerprint density at radius 2 is 1.79 bits per heavy atom. The predicted octanol–water partition coefficient (Wildman–Crippen LogP) is 4.81. The van der Waals surface area contributed by atoms with Crippen molar-refractivity contribution in [3.8, 4) is 0 Å². The van der Waals surface area contributed by atoms with Crippen molar-refractivity contribution in [2.45, 2.75) is 38.5 Å². The molecule has 7 nitrogen and oxygen atoms in total. The third-order valence-corrected chi connectivity index (χ3v) is 7.93. The summed E-state index contributed by atoms with van der Waals surface area (Å²) in [5.41, 5.74) is 4.06. The second-order valence-electron chi connectivity index (χ2n) is 8.77. The first-order valence-electron chi connectivity index (χ1n) is 11.3. The van der Waals surface area contributed by atoms with Crippen LogP contribution in [-0.4, -0.2) is 36.9 Å². The maximum Gasteiger partial charge on any atom is 0.248 e. The van der Waals surface area contributed by atoms with Crippen molar-refractivity contribution in [1.29, 1.82) is 0 Å². The van der Waals surface area contributed by atoms with Crippen LogP contribution in [0.5, 0.6) is 0 Å². The summed E-state index contributed by atoms with van der Waals surface area (Å²) in [6.45, 7) is 6.03. The van der Waals surface area contributed by atoms with Gasteiger partial charge in [0.2, 0.25) is 15.9 Å². The molecular weight excluding hydrogens is 450 g/mol. The van der Waals surface area contributed by atoms with Gasteiger partial charge in [-0.05, 0) is 68.5 Å². The molecule has 3 aromatic rings. The quantitative estimate of drug-likeness (QED) is 0.548. The molecule has 1 aliphatic heterocycles. The van der Waals surface area contributed by atoms with Gasteiger partial charge in [0.05, 0.1) is 5.92 Å². The molecule has 1 aliphatic rings. The molecule has 1 amide bonds. The highest BCUT2D eigenvalue weighted by Gasteiger charge is 2.37. The lowest BCUT2D eigenvalue weighted by molar-refractivity contribution is -0.120. The molecule has 1 saturated heterocycles. The van der Waals surface area contributed by atoms with Crippen molar-refractivity contribution in [2.24, 2.45) is 5.92 Å². The van der Waals surface area contributed by atoms with Gasteiger partial charge in [-0.15, -0.1) is 0 Å². The van der Waals surface area contributed by atoms with E-state index in [1.165, 1.54) is 4.31 Å². The zero-order chi connectivity index (χ0) is 24.3. The molecule has 2 aromatic carbocycles. The number of hydrogen-bond donors (Lipinski definition) is 1. The maximum absolute atomic E-state index is 13.6. The number of anilines is 1. The normalized spacial score (nSPS) is 17.2. The summed E-state index contributed by atoms with van der Waals surface area (Å²) in [4.78, 5) is 13.0. The zero-order valence-corrected chi connectivity index (χ0v) is 20.4. The van der Waals surface area contributed by atoms with Crippen LogP contribution in [0, 0.1) is 26.7 Å². The Morgan fingerprint density at radius 1 is 1.09 bits per heavy atom. The number of carbonyl (C=O) groups excluding carboxylic acids is 1. The summed E-state index contributed by atoms with van der Waals surface area (Å²) >= 11 is 0. The number of hydrogen-bond acceptors (Lipinski definition) is 5. The number of aryl methyl sites for hydroxylation is 3. The summed E-state index contributed by atoms with van der Waals surface area (Å²) in [5, 5.41) is 6.86. The van der Waals surface area contributed by atoms with E-state index in [4.69, 9.17) is 4.52 Å². The van der Waals surface area contributed by atoms with Gasteiger partial charge in [0.25, 0.3) is 0 Å².